The molecule has 0 aliphatic heterocycles. The summed E-state index contributed by atoms with van der Waals surface area (Å²) in [5.41, 5.74) is 1.41. The Hall–Kier alpha value is -2.37. The van der Waals surface area contributed by atoms with Gasteiger partial charge in [0, 0.05) is 23.9 Å². The second kappa shape index (κ2) is 6.18. The molecule has 0 unspecified atom stereocenters. The Morgan fingerprint density at radius 2 is 2.15 bits per heavy atom. The summed E-state index contributed by atoms with van der Waals surface area (Å²) in [5, 5.41) is 9.47. The maximum Gasteiger partial charge on any atom is 0.257 e. The normalized spacial score (nSPS) is 10.6. The van der Waals surface area contributed by atoms with Gasteiger partial charge in [-0.3, -0.25) is 4.79 Å². The monoisotopic (exact) mass is 274 g/mol. The number of hydrogen-bond donors (Lipinski definition) is 2. The number of hydrogen-bond acceptors (Lipinski definition) is 5. The number of aromatic nitrogens is 2. The lowest BCUT2D eigenvalue weighted by molar-refractivity contribution is 0.102. The van der Waals surface area contributed by atoms with Gasteiger partial charge < -0.3 is 15.2 Å². The third-order valence-electron chi connectivity index (χ3n) is 2.74. The van der Waals surface area contributed by atoms with E-state index in [0.29, 0.717) is 17.2 Å². The highest BCUT2D eigenvalue weighted by molar-refractivity contribution is 6.04. The van der Waals surface area contributed by atoms with Crippen LogP contribution in [0, 0.1) is 0 Å². The summed E-state index contributed by atoms with van der Waals surface area (Å²) < 4.78 is 4.69. The number of rotatable bonds is 5. The average molecular weight is 274 g/mol. The van der Waals surface area contributed by atoms with Crippen LogP contribution in [-0.2, 0) is 0 Å². The molecule has 0 spiro atoms. The van der Waals surface area contributed by atoms with Crippen LogP contribution in [0.3, 0.4) is 0 Å². The van der Waals surface area contributed by atoms with E-state index < -0.39 is 0 Å². The molecule has 2 aromatic rings. The van der Waals surface area contributed by atoms with Crippen molar-refractivity contribution in [1.29, 1.82) is 0 Å². The zero-order valence-electron chi connectivity index (χ0n) is 11.8. The zero-order chi connectivity index (χ0) is 14.5. The van der Waals surface area contributed by atoms with Crippen LogP contribution in [0.5, 0.6) is 0 Å². The molecule has 2 aromatic heterocycles. The fourth-order valence-electron chi connectivity index (χ4n) is 1.72. The second-order valence-electron chi connectivity index (χ2n) is 4.69. The molecular formula is C14H18N4O2. The van der Waals surface area contributed by atoms with Crippen molar-refractivity contribution < 1.29 is 9.32 Å². The second-order valence-corrected chi connectivity index (χ2v) is 4.69. The van der Waals surface area contributed by atoms with Crippen LogP contribution in [0.2, 0.25) is 0 Å². The molecule has 6 nitrogen and oxygen atoms in total. The molecule has 0 atom stereocenters. The van der Waals surface area contributed by atoms with E-state index in [4.69, 9.17) is 0 Å². The molecule has 2 N–H and O–H groups in total. The highest BCUT2D eigenvalue weighted by Crippen LogP contribution is 2.18. The number of amides is 1. The Balaban J connectivity index is 2.27. The van der Waals surface area contributed by atoms with Gasteiger partial charge in [-0.2, -0.15) is 0 Å². The molecule has 0 saturated heterocycles. The minimum Gasteiger partial charge on any atom is -0.370 e. The van der Waals surface area contributed by atoms with Crippen LogP contribution in [0.4, 0.5) is 11.6 Å². The Labute approximate surface area is 117 Å². The van der Waals surface area contributed by atoms with Gasteiger partial charge in [0.1, 0.15) is 12.1 Å². The molecule has 0 radical (unpaired) electrons. The summed E-state index contributed by atoms with van der Waals surface area (Å²) in [6.07, 6.45) is 1.41. The minimum absolute atomic E-state index is 0.234. The Kier molecular flexibility index (Phi) is 4.34. The van der Waals surface area contributed by atoms with Gasteiger partial charge in [-0.1, -0.05) is 19.0 Å². The van der Waals surface area contributed by atoms with Crippen LogP contribution in [-0.4, -0.2) is 22.6 Å². The van der Waals surface area contributed by atoms with Crippen molar-refractivity contribution in [2.75, 3.05) is 17.2 Å². The summed E-state index contributed by atoms with van der Waals surface area (Å²) in [6.45, 7) is 6.81. The van der Waals surface area contributed by atoms with Gasteiger partial charge in [0.2, 0.25) is 0 Å². The minimum atomic E-state index is -0.234. The van der Waals surface area contributed by atoms with Crippen molar-refractivity contribution in [1.82, 2.24) is 10.1 Å². The van der Waals surface area contributed by atoms with E-state index in [1.54, 1.807) is 18.2 Å². The molecule has 106 valence electrons. The first-order chi connectivity index (χ1) is 9.60. The Morgan fingerprint density at radius 3 is 2.75 bits per heavy atom. The lowest BCUT2D eigenvalue weighted by Crippen LogP contribution is -2.14. The van der Waals surface area contributed by atoms with Crippen LogP contribution in [0.25, 0.3) is 0 Å². The highest BCUT2D eigenvalue weighted by atomic mass is 16.5. The van der Waals surface area contributed by atoms with Crippen molar-refractivity contribution in [2.24, 2.45) is 0 Å². The fraction of sp³-hybridized carbons (Fsp3) is 0.357. The van der Waals surface area contributed by atoms with Gasteiger partial charge in [-0.25, -0.2) is 4.98 Å². The third kappa shape index (κ3) is 3.34. The predicted molar refractivity (Wildman–Crippen MR) is 76.9 cm³/mol. The average Bonchev–Trinajstić information content (AvgIpc) is 2.91. The lowest BCUT2D eigenvalue weighted by Gasteiger charge is -2.11. The molecular weight excluding hydrogens is 256 g/mol. The molecule has 0 aromatic carbocycles. The summed E-state index contributed by atoms with van der Waals surface area (Å²) in [5.74, 6) is 1.10. The van der Waals surface area contributed by atoms with Gasteiger partial charge in [0.25, 0.3) is 5.91 Å². The summed E-state index contributed by atoms with van der Waals surface area (Å²) in [7, 11) is 0. The van der Waals surface area contributed by atoms with Gasteiger partial charge in [-0.15, -0.1) is 0 Å². The molecule has 0 bridgehead atoms. The number of carbonyl (C=O) groups is 1. The van der Waals surface area contributed by atoms with E-state index in [1.807, 2.05) is 20.8 Å². The van der Waals surface area contributed by atoms with Gasteiger partial charge in [0.05, 0.1) is 0 Å². The van der Waals surface area contributed by atoms with Crippen LogP contribution in [0.15, 0.2) is 29.0 Å². The number of carbonyl (C=O) groups excluding carboxylic acids is 1. The van der Waals surface area contributed by atoms with E-state index in [1.165, 1.54) is 6.26 Å². The molecule has 2 rings (SSSR count). The van der Waals surface area contributed by atoms with Crippen LogP contribution in [0.1, 0.15) is 42.7 Å². The molecule has 0 aliphatic rings. The van der Waals surface area contributed by atoms with E-state index >= 15 is 0 Å². The Bertz CT molecular complexity index is 579. The zero-order valence-corrected chi connectivity index (χ0v) is 11.8. The van der Waals surface area contributed by atoms with Crippen molar-refractivity contribution in [3.8, 4) is 0 Å². The molecule has 20 heavy (non-hydrogen) atoms. The fourth-order valence-corrected chi connectivity index (χ4v) is 1.72. The van der Waals surface area contributed by atoms with Crippen molar-refractivity contribution in [3.63, 3.8) is 0 Å². The van der Waals surface area contributed by atoms with Crippen molar-refractivity contribution in [3.05, 3.63) is 35.7 Å². The largest absolute Gasteiger partial charge is 0.370 e. The molecule has 0 saturated carbocycles. The van der Waals surface area contributed by atoms with Gasteiger partial charge >= 0.3 is 0 Å². The maximum atomic E-state index is 12.2. The van der Waals surface area contributed by atoms with E-state index in [2.05, 4.69) is 25.3 Å². The Morgan fingerprint density at radius 1 is 1.35 bits per heavy atom. The number of pyridine rings is 1. The van der Waals surface area contributed by atoms with Crippen molar-refractivity contribution in [2.45, 2.75) is 26.7 Å². The molecule has 0 fully saturated rings. The quantitative estimate of drug-likeness (QED) is 0.876. The predicted octanol–water partition coefficient (Wildman–Crippen LogP) is 2.88. The van der Waals surface area contributed by atoms with Crippen LogP contribution < -0.4 is 10.6 Å². The van der Waals surface area contributed by atoms with Gasteiger partial charge in [0.15, 0.2) is 5.82 Å². The van der Waals surface area contributed by atoms with Crippen molar-refractivity contribution >= 4 is 17.5 Å². The number of anilines is 2. The summed E-state index contributed by atoms with van der Waals surface area (Å²) in [4.78, 5) is 16.7. The van der Waals surface area contributed by atoms with E-state index in [0.717, 1.165) is 12.2 Å². The van der Waals surface area contributed by atoms with E-state index in [-0.39, 0.29) is 11.8 Å². The molecule has 0 aliphatic carbocycles. The molecule has 6 heteroatoms. The third-order valence-corrected chi connectivity index (χ3v) is 2.74. The number of nitrogens with zero attached hydrogens (tertiary/aromatic N) is 2. The van der Waals surface area contributed by atoms with Crippen LogP contribution >= 0.6 is 0 Å². The molecule has 2 heterocycles. The maximum absolute atomic E-state index is 12.2. The summed E-state index contributed by atoms with van der Waals surface area (Å²) >= 11 is 0. The van der Waals surface area contributed by atoms with Gasteiger partial charge in [-0.05, 0) is 25.0 Å². The first-order valence-corrected chi connectivity index (χ1v) is 6.57. The smallest absolute Gasteiger partial charge is 0.257 e. The lowest BCUT2D eigenvalue weighted by atomic mass is 10.1. The standard InChI is InChI=1S/C14H18N4O2/c1-4-15-13-8-10(7-11(16-13)9(2)3)14(19)17-12-5-6-20-18-12/h5-9H,4H2,1-3H3,(H,15,16)(H,17,18,19). The topological polar surface area (TPSA) is 80.0 Å². The van der Waals surface area contributed by atoms with E-state index in [9.17, 15) is 4.79 Å². The number of nitrogens with one attached hydrogen (secondary N) is 2. The highest BCUT2D eigenvalue weighted by Gasteiger charge is 2.13. The SMILES string of the molecule is CCNc1cc(C(=O)Nc2ccon2)cc(C(C)C)n1. The first kappa shape index (κ1) is 14.0. The summed E-state index contributed by atoms with van der Waals surface area (Å²) in [6, 6.07) is 5.11. The molecule has 1 amide bonds. The first-order valence-electron chi connectivity index (χ1n) is 6.57.